The molecule has 0 amide bonds. The van der Waals surface area contributed by atoms with Crippen molar-refractivity contribution in [3.05, 3.63) is 0 Å². The number of guanidine groups is 1. The fraction of sp³-hybridized carbons (Fsp3) is 0.923. The second-order valence-corrected chi connectivity index (χ2v) is 5.55. The second kappa shape index (κ2) is 6.95. The number of likely N-dealkylation sites (N-methyl/N-ethyl adjacent to an activating group) is 1. The topological polar surface area (TPSA) is 48.9 Å². The van der Waals surface area contributed by atoms with Gasteiger partial charge in [-0.3, -0.25) is 4.99 Å². The van der Waals surface area contributed by atoms with Crippen LogP contribution < -0.4 is 10.6 Å². The van der Waals surface area contributed by atoms with Gasteiger partial charge in [-0.2, -0.15) is 0 Å². The number of nitrogens with one attached hydrogen (secondary N) is 2. The van der Waals surface area contributed by atoms with E-state index in [1.165, 1.54) is 19.4 Å². The lowest BCUT2D eigenvalue weighted by atomic mass is 10.1. The van der Waals surface area contributed by atoms with Gasteiger partial charge in [0.1, 0.15) is 0 Å². The first-order chi connectivity index (χ1) is 8.48. The van der Waals surface area contributed by atoms with Crippen LogP contribution in [0.15, 0.2) is 4.99 Å². The Morgan fingerprint density at radius 1 is 1.44 bits per heavy atom. The van der Waals surface area contributed by atoms with Gasteiger partial charge in [0.15, 0.2) is 5.96 Å². The summed E-state index contributed by atoms with van der Waals surface area (Å²) in [7, 11) is 5.71. The Hall–Kier alpha value is -0.810. The number of rotatable bonds is 5. The van der Waals surface area contributed by atoms with E-state index in [-0.39, 0.29) is 5.60 Å². The van der Waals surface area contributed by atoms with Crippen LogP contribution in [0, 0.1) is 0 Å². The molecule has 0 aromatic heterocycles. The summed E-state index contributed by atoms with van der Waals surface area (Å²) in [6.07, 6.45) is 2.57. The number of likely N-dealkylation sites (tertiary alicyclic amines) is 1. The molecule has 1 fully saturated rings. The van der Waals surface area contributed by atoms with Crippen molar-refractivity contribution in [2.45, 2.75) is 38.3 Å². The Morgan fingerprint density at radius 2 is 2.17 bits per heavy atom. The molecule has 106 valence electrons. The monoisotopic (exact) mass is 256 g/mol. The number of hydrogen-bond acceptors (Lipinski definition) is 3. The molecule has 0 spiro atoms. The van der Waals surface area contributed by atoms with Crippen LogP contribution in [0.2, 0.25) is 0 Å². The molecule has 1 aliphatic rings. The molecule has 5 nitrogen and oxygen atoms in total. The molecule has 2 N–H and O–H groups in total. The Bertz CT molecular complexity index is 278. The predicted molar refractivity (Wildman–Crippen MR) is 76.1 cm³/mol. The summed E-state index contributed by atoms with van der Waals surface area (Å²) >= 11 is 0. The van der Waals surface area contributed by atoms with Crippen molar-refractivity contribution in [3.8, 4) is 0 Å². The van der Waals surface area contributed by atoms with E-state index in [1.54, 1.807) is 14.2 Å². The summed E-state index contributed by atoms with van der Waals surface area (Å²) in [5.41, 5.74) is -0.179. The van der Waals surface area contributed by atoms with Crippen LogP contribution in [0.1, 0.15) is 26.7 Å². The lowest BCUT2D eigenvalue weighted by molar-refractivity contribution is 0.0268. The third-order valence-corrected chi connectivity index (χ3v) is 3.63. The first-order valence-electron chi connectivity index (χ1n) is 6.68. The van der Waals surface area contributed by atoms with Gasteiger partial charge in [0.2, 0.25) is 0 Å². The lowest BCUT2D eigenvalue weighted by Gasteiger charge is -2.25. The Morgan fingerprint density at radius 3 is 2.67 bits per heavy atom. The van der Waals surface area contributed by atoms with E-state index < -0.39 is 0 Å². The summed E-state index contributed by atoms with van der Waals surface area (Å²) in [6, 6.07) is 0.624. The number of methoxy groups -OCH3 is 1. The van der Waals surface area contributed by atoms with E-state index in [2.05, 4.69) is 41.4 Å². The van der Waals surface area contributed by atoms with Gasteiger partial charge in [-0.15, -0.1) is 0 Å². The molecule has 0 aromatic rings. The molecule has 0 saturated carbocycles. The average molecular weight is 256 g/mol. The maximum atomic E-state index is 5.37. The minimum atomic E-state index is -0.179. The molecule has 1 saturated heterocycles. The molecule has 0 radical (unpaired) electrons. The van der Waals surface area contributed by atoms with E-state index >= 15 is 0 Å². The lowest BCUT2D eigenvalue weighted by Crippen LogP contribution is -2.48. The van der Waals surface area contributed by atoms with Gasteiger partial charge in [0.05, 0.1) is 5.60 Å². The molecule has 1 heterocycles. The third kappa shape index (κ3) is 4.82. The zero-order valence-corrected chi connectivity index (χ0v) is 12.4. The van der Waals surface area contributed by atoms with Gasteiger partial charge in [0.25, 0.3) is 0 Å². The normalized spacial score (nSPS) is 22.3. The molecule has 5 heteroatoms. The number of ether oxygens (including phenoxy) is 1. The summed E-state index contributed by atoms with van der Waals surface area (Å²) in [5.74, 6) is 0.848. The van der Waals surface area contributed by atoms with Crippen molar-refractivity contribution < 1.29 is 4.74 Å². The molecule has 0 aliphatic carbocycles. The van der Waals surface area contributed by atoms with E-state index in [1.807, 2.05) is 0 Å². The zero-order valence-electron chi connectivity index (χ0n) is 12.4. The standard InChI is InChI=1S/C13H28N4O/c1-13(2,18-5)10-16-12(14-3)15-9-11-7-6-8-17(11)4/h11H,6-10H2,1-5H3,(H2,14,15,16). The highest BCUT2D eigenvalue weighted by Gasteiger charge is 2.21. The van der Waals surface area contributed by atoms with E-state index in [0.717, 1.165) is 19.0 Å². The molecule has 1 unspecified atom stereocenters. The van der Waals surface area contributed by atoms with Crippen molar-refractivity contribution in [1.29, 1.82) is 0 Å². The van der Waals surface area contributed by atoms with Crippen LogP contribution in [-0.2, 0) is 4.74 Å². The van der Waals surface area contributed by atoms with Crippen LogP contribution >= 0.6 is 0 Å². The number of hydrogen-bond donors (Lipinski definition) is 2. The van der Waals surface area contributed by atoms with Crippen molar-refractivity contribution in [2.24, 2.45) is 4.99 Å². The average Bonchev–Trinajstić information content (AvgIpc) is 2.75. The summed E-state index contributed by atoms with van der Waals surface area (Å²) in [4.78, 5) is 6.63. The van der Waals surface area contributed by atoms with Crippen LogP contribution in [0.3, 0.4) is 0 Å². The highest BCUT2D eigenvalue weighted by molar-refractivity contribution is 5.79. The van der Waals surface area contributed by atoms with Crippen LogP contribution in [0.25, 0.3) is 0 Å². The molecule has 0 aromatic carbocycles. The van der Waals surface area contributed by atoms with Gasteiger partial charge in [-0.25, -0.2) is 0 Å². The van der Waals surface area contributed by atoms with Gasteiger partial charge >= 0.3 is 0 Å². The SMILES string of the molecule is CN=C(NCC1CCCN1C)NCC(C)(C)OC. The molecule has 18 heavy (non-hydrogen) atoms. The fourth-order valence-corrected chi connectivity index (χ4v) is 2.04. The van der Waals surface area contributed by atoms with E-state index in [0.29, 0.717) is 6.04 Å². The van der Waals surface area contributed by atoms with Gasteiger partial charge in [-0.1, -0.05) is 0 Å². The maximum absolute atomic E-state index is 5.37. The van der Waals surface area contributed by atoms with Gasteiger partial charge < -0.3 is 20.3 Å². The minimum Gasteiger partial charge on any atom is -0.377 e. The van der Waals surface area contributed by atoms with E-state index in [9.17, 15) is 0 Å². The highest BCUT2D eigenvalue weighted by atomic mass is 16.5. The summed E-state index contributed by atoms with van der Waals surface area (Å²) < 4.78 is 5.37. The van der Waals surface area contributed by atoms with Crippen LogP contribution in [0.5, 0.6) is 0 Å². The minimum absolute atomic E-state index is 0.179. The Balaban J connectivity index is 2.30. The quantitative estimate of drug-likeness (QED) is 0.561. The molecule has 1 aliphatic heterocycles. The smallest absolute Gasteiger partial charge is 0.191 e. The van der Waals surface area contributed by atoms with Gasteiger partial charge in [-0.05, 0) is 40.3 Å². The zero-order chi connectivity index (χ0) is 13.6. The summed E-state index contributed by atoms with van der Waals surface area (Å²) in [6.45, 7) is 7.00. The predicted octanol–water partition coefficient (Wildman–Crippen LogP) is 0.671. The molecular weight excluding hydrogens is 228 g/mol. The first-order valence-corrected chi connectivity index (χ1v) is 6.68. The van der Waals surface area contributed by atoms with Crippen molar-refractivity contribution in [3.63, 3.8) is 0 Å². The summed E-state index contributed by atoms with van der Waals surface area (Å²) in [5, 5.41) is 6.67. The largest absolute Gasteiger partial charge is 0.377 e. The van der Waals surface area contributed by atoms with Crippen molar-refractivity contribution in [2.75, 3.05) is 40.8 Å². The molecule has 1 rings (SSSR count). The third-order valence-electron chi connectivity index (χ3n) is 3.63. The molecule has 0 bridgehead atoms. The fourth-order valence-electron chi connectivity index (χ4n) is 2.04. The Labute approximate surface area is 111 Å². The van der Waals surface area contributed by atoms with Crippen molar-refractivity contribution >= 4 is 5.96 Å². The molecular formula is C13H28N4O. The second-order valence-electron chi connectivity index (χ2n) is 5.55. The van der Waals surface area contributed by atoms with Gasteiger partial charge in [0, 0.05) is 33.3 Å². The first kappa shape index (κ1) is 15.2. The van der Waals surface area contributed by atoms with Crippen molar-refractivity contribution in [1.82, 2.24) is 15.5 Å². The molecule has 1 atom stereocenters. The number of nitrogens with zero attached hydrogens (tertiary/aromatic N) is 2. The maximum Gasteiger partial charge on any atom is 0.191 e. The van der Waals surface area contributed by atoms with Crippen LogP contribution in [0.4, 0.5) is 0 Å². The van der Waals surface area contributed by atoms with Crippen LogP contribution in [-0.4, -0.2) is 63.3 Å². The Kier molecular flexibility index (Phi) is 5.88. The highest BCUT2D eigenvalue weighted by Crippen LogP contribution is 2.13. The number of aliphatic imine (C=N–C) groups is 1. The van der Waals surface area contributed by atoms with E-state index in [4.69, 9.17) is 4.74 Å².